The lowest BCUT2D eigenvalue weighted by atomic mass is 9.96. The number of fused-ring (bicyclic) bond motifs is 1. The summed E-state index contributed by atoms with van der Waals surface area (Å²) < 4.78 is 14.1. The number of benzene rings is 3. The SMILES string of the molecule is CC1(C)Nc2cc(F)ccc2[C@@H](CC(=O)c2ccccc2)N(OCc2ccccc2)C1=O. The predicted octanol–water partition coefficient (Wildman–Crippen LogP) is 5.30. The maximum absolute atomic E-state index is 14.1. The van der Waals surface area contributed by atoms with Crippen molar-refractivity contribution in [3.05, 3.63) is 101 Å². The number of anilines is 1. The van der Waals surface area contributed by atoms with E-state index in [0.29, 0.717) is 16.8 Å². The van der Waals surface area contributed by atoms with Crippen molar-refractivity contribution in [2.24, 2.45) is 0 Å². The second-order valence-corrected chi connectivity index (χ2v) is 8.38. The molecule has 1 aliphatic rings. The molecule has 1 amide bonds. The van der Waals surface area contributed by atoms with Crippen molar-refractivity contribution in [3.63, 3.8) is 0 Å². The molecule has 6 heteroatoms. The van der Waals surface area contributed by atoms with Crippen LogP contribution in [0.15, 0.2) is 78.9 Å². The molecular formula is C26H25FN2O3. The third kappa shape index (κ3) is 4.55. The van der Waals surface area contributed by atoms with Gasteiger partial charge >= 0.3 is 0 Å². The highest BCUT2D eigenvalue weighted by Crippen LogP contribution is 2.38. The van der Waals surface area contributed by atoms with E-state index in [1.807, 2.05) is 36.4 Å². The number of Topliss-reactive ketones (excluding diaryl/α,β-unsaturated/α-hetero) is 1. The van der Waals surface area contributed by atoms with Crippen LogP contribution in [-0.4, -0.2) is 22.3 Å². The summed E-state index contributed by atoms with van der Waals surface area (Å²) >= 11 is 0. The fraction of sp³-hybridized carbons (Fsp3) is 0.231. The summed E-state index contributed by atoms with van der Waals surface area (Å²) in [7, 11) is 0. The van der Waals surface area contributed by atoms with Gasteiger partial charge in [-0.2, -0.15) is 0 Å². The maximum atomic E-state index is 14.1. The second kappa shape index (κ2) is 8.93. The van der Waals surface area contributed by atoms with Crippen molar-refractivity contribution >= 4 is 17.4 Å². The third-order valence-electron chi connectivity index (χ3n) is 5.53. The van der Waals surface area contributed by atoms with Crippen LogP contribution in [0.1, 0.15) is 47.8 Å². The molecule has 4 rings (SSSR count). The van der Waals surface area contributed by atoms with E-state index in [-0.39, 0.29) is 24.7 Å². The fourth-order valence-electron chi connectivity index (χ4n) is 3.84. The summed E-state index contributed by atoms with van der Waals surface area (Å²) in [6.07, 6.45) is 0.000928. The average Bonchev–Trinajstić information content (AvgIpc) is 2.86. The Bertz CT molecular complexity index is 1120. The predicted molar refractivity (Wildman–Crippen MR) is 120 cm³/mol. The van der Waals surface area contributed by atoms with Gasteiger partial charge in [-0.25, -0.2) is 9.45 Å². The number of hydrogen-bond acceptors (Lipinski definition) is 4. The van der Waals surface area contributed by atoms with Crippen LogP contribution in [0.25, 0.3) is 0 Å². The molecular weight excluding hydrogens is 407 g/mol. The molecule has 0 unspecified atom stereocenters. The monoisotopic (exact) mass is 432 g/mol. The fourth-order valence-corrected chi connectivity index (χ4v) is 3.84. The van der Waals surface area contributed by atoms with E-state index in [9.17, 15) is 14.0 Å². The van der Waals surface area contributed by atoms with Crippen LogP contribution in [0.3, 0.4) is 0 Å². The van der Waals surface area contributed by atoms with Crippen molar-refractivity contribution in [3.8, 4) is 0 Å². The lowest BCUT2D eigenvalue weighted by Gasteiger charge is -2.33. The molecule has 0 saturated heterocycles. The maximum Gasteiger partial charge on any atom is 0.271 e. The first kappa shape index (κ1) is 21.7. The third-order valence-corrected chi connectivity index (χ3v) is 5.53. The minimum absolute atomic E-state index is 0.000928. The number of nitrogens with zero attached hydrogens (tertiary/aromatic N) is 1. The molecule has 0 bridgehead atoms. The number of hydrogen-bond donors (Lipinski definition) is 1. The van der Waals surface area contributed by atoms with E-state index in [2.05, 4.69) is 5.32 Å². The smallest absolute Gasteiger partial charge is 0.271 e. The topological polar surface area (TPSA) is 58.6 Å². The number of hydroxylamine groups is 2. The summed E-state index contributed by atoms with van der Waals surface area (Å²) in [4.78, 5) is 32.6. The molecule has 3 aromatic rings. The van der Waals surface area contributed by atoms with E-state index in [0.717, 1.165) is 5.56 Å². The minimum atomic E-state index is -1.07. The summed E-state index contributed by atoms with van der Waals surface area (Å²) in [5.74, 6) is -0.895. The van der Waals surface area contributed by atoms with Gasteiger partial charge in [0.15, 0.2) is 5.78 Å². The van der Waals surface area contributed by atoms with Crippen molar-refractivity contribution < 1.29 is 18.8 Å². The molecule has 164 valence electrons. The Balaban J connectivity index is 1.74. The lowest BCUT2D eigenvalue weighted by Crippen LogP contribution is -2.49. The molecule has 1 N–H and O–H groups in total. The molecule has 1 aliphatic heterocycles. The normalized spacial score (nSPS) is 17.3. The van der Waals surface area contributed by atoms with Crippen LogP contribution in [-0.2, 0) is 16.2 Å². The van der Waals surface area contributed by atoms with Crippen LogP contribution >= 0.6 is 0 Å². The Morgan fingerprint density at radius 2 is 1.69 bits per heavy atom. The number of nitrogens with one attached hydrogen (secondary N) is 1. The van der Waals surface area contributed by atoms with Gasteiger partial charge in [0, 0.05) is 23.2 Å². The number of rotatable bonds is 6. The highest BCUT2D eigenvalue weighted by Gasteiger charge is 2.42. The molecule has 0 fully saturated rings. The van der Waals surface area contributed by atoms with Gasteiger partial charge in [-0.3, -0.25) is 14.4 Å². The zero-order chi connectivity index (χ0) is 22.7. The van der Waals surface area contributed by atoms with E-state index in [4.69, 9.17) is 4.84 Å². The molecule has 1 atom stereocenters. The van der Waals surface area contributed by atoms with Crippen molar-refractivity contribution in [1.82, 2.24) is 5.06 Å². The Hall–Kier alpha value is -3.51. The second-order valence-electron chi connectivity index (χ2n) is 8.38. The highest BCUT2D eigenvalue weighted by molar-refractivity contribution is 5.97. The van der Waals surface area contributed by atoms with E-state index < -0.39 is 17.4 Å². The van der Waals surface area contributed by atoms with E-state index in [1.54, 1.807) is 44.2 Å². The zero-order valence-corrected chi connectivity index (χ0v) is 18.0. The molecule has 5 nitrogen and oxygen atoms in total. The minimum Gasteiger partial charge on any atom is -0.371 e. The van der Waals surface area contributed by atoms with Gasteiger partial charge in [0.05, 0.1) is 6.04 Å². The summed E-state index contributed by atoms with van der Waals surface area (Å²) in [6.45, 7) is 3.59. The summed E-state index contributed by atoms with van der Waals surface area (Å²) in [5, 5.41) is 4.42. The highest BCUT2D eigenvalue weighted by atomic mass is 19.1. The van der Waals surface area contributed by atoms with Crippen LogP contribution in [0, 0.1) is 5.82 Å². The lowest BCUT2D eigenvalue weighted by molar-refractivity contribution is -0.209. The zero-order valence-electron chi connectivity index (χ0n) is 18.0. The molecule has 3 aromatic carbocycles. The number of amides is 1. The number of halogens is 1. The van der Waals surface area contributed by atoms with Crippen LogP contribution in [0.5, 0.6) is 0 Å². The number of carbonyl (C=O) groups excluding carboxylic acids is 2. The van der Waals surface area contributed by atoms with Gasteiger partial charge < -0.3 is 5.32 Å². The average molecular weight is 432 g/mol. The number of carbonyl (C=O) groups is 2. The first-order valence-corrected chi connectivity index (χ1v) is 10.5. The molecule has 32 heavy (non-hydrogen) atoms. The van der Waals surface area contributed by atoms with Gasteiger partial charge in [0.1, 0.15) is 18.0 Å². The van der Waals surface area contributed by atoms with Crippen molar-refractivity contribution in [2.45, 2.75) is 38.5 Å². The van der Waals surface area contributed by atoms with E-state index in [1.165, 1.54) is 17.2 Å². The molecule has 0 aliphatic carbocycles. The molecule has 0 saturated carbocycles. The van der Waals surface area contributed by atoms with E-state index >= 15 is 0 Å². The first-order valence-electron chi connectivity index (χ1n) is 10.5. The van der Waals surface area contributed by atoms with Gasteiger partial charge in [-0.05, 0) is 31.5 Å². The molecule has 0 radical (unpaired) electrons. The Labute approximate surface area is 186 Å². The van der Waals surface area contributed by atoms with Gasteiger partial charge in [0.2, 0.25) is 0 Å². The van der Waals surface area contributed by atoms with Gasteiger partial charge in [0.25, 0.3) is 5.91 Å². The molecule has 1 heterocycles. The Kier molecular flexibility index (Phi) is 6.06. The first-order chi connectivity index (χ1) is 15.3. The largest absolute Gasteiger partial charge is 0.371 e. The van der Waals surface area contributed by atoms with Crippen molar-refractivity contribution in [1.29, 1.82) is 0 Å². The summed E-state index contributed by atoms with van der Waals surface area (Å²) in [5.41, 5.74) is 1.47. The Morgan fingerprint density at radius 3 is 2.38 bits per heavy atom. The van der Waals surface area contributed by atoms with Gasteiger partial charge in [-0.15, -0.1) is 0 Å². The quantitative estimate of drug-likeness (QED) is 0.537. The van der Waals surface area contributed by atoms with Crippen LogP contribution in [0.2, 0.25) is 0 Å². The number of ketones is 1. The summed E-state index contributed by atoms with van der Waals surface area (Å²) in [6, 6.07) is 22.0. The standard InChI is InChI=1S/C26H25FN2O3/c1-26(2)25(31)29(32-17-18-9-5-3-6-10-18)23(16-24(30)19-11-7-4-8-12-19)21-14-13-20(27)15-22(21)28-26/h3-15,23,28H,16-17H2,1-2H3/t23-/m1/s1. The Morgan fingerprint density at radius 1 is 1.03 bits per heavy atom. The molecule has 0 spiro atoms. The van der Waals surface area contributed by atoms with Crippen LogP contribution in [0.4, 0.5) is 10.1 Å². The van der Waals surface area contributed by atoms with Crippen LogP contribution < -0.4 is 5.32 Å². The van der Waals surface area contributed by atoms with Gasteiger partial charge in [-0.1, -0.05) is 66.7 Å². The molecule has 0 aromatic heterocycles. The van der Waals surface area contributed by atoms with Crippen molar-refractivity contribution in [2.75, 3.05) is 5.32 Å².